The monoisotopic (exact) mass is 656 g/mol. The molecule has 2 aromatic rings. The van der Waals surface area contributed by atoms with Crippen molar-refractivity contribution < 1.29 is 18.3 Å². The van der Waals surface area contributed by atoms with Gasteiger partial charge in [-0.05, 0) is 108 Å². The normalized spacial score (nSPS) is 22.1. The number of hydrazine groups is 1. The van der Waals surface area contributed by atoms with Gasteiger partial charge in [0.25, 0.3) is 6.43 Å². The van der Waals surface area contributed by atoms with E-state index in [2.05, 4.69) is 44.2 Å². The Morgan fingerprint density at radius 3 is 2.40 bits per heavy atom. The molecule has 1 unspecified atom stereocenters. The molecule has 0 amide bonds. The third-order valence-electron chi connectivity index (χ3n) is 9.95. The molecule has 2 fully saturated rings. The zero-order chi connectivity index (χ0) is 33.5. The van der Waals surface area contributed by atoms with Crippen molar-refractivity contribution >= 4 is 23.4 Å². The molecule has 0 aliphatic carbocycles. The quantitative estimate of drug-likeness (QED) is 0.451. The summed E-state index contributed by atoms with van der Waals surface area (Å²) in [6.07, 6.45) is 8.19. The van der Waals surface area contributed by atoms with E-state index in [1.165, 1.54) is 37.6 Å². The number of fused-ring (bicyclic) bond motifs is 2. The number of methoxy groups -OCH3 is 1. The summed E-state index contributed by atoms with van der Waals surface area (Å²) in [4.78, 5) is 15.8. The Morgan fingerprint density at radius 2 is 1.79 bits per heavy atom. The lowest BCUT2D eigenvalue weighted by Gasteiger charge is -2.33. The average molecular weight is 657 g/mol. The first-order chi connectivity index (χ1) is 22.7. The van der Waals surface area contributed by atoms with Crippen LogP contribution in [0.25, 0.3) is 5.57 Å². The zero-order valence-corrected chi connectivity index (χ0v) is 28.9. The SMILES string of the molecule is CC=O.CN1CCC(n2nc(N3CCCc4cc(C5=CN(C)NC5)c(C(F)F)cc43)c3c2CCN(C)C3)CC1.COC1CCCNC1. The maximum atomic E-state index is 14.4. The number of aldehydes is 1. The van der Waals surface area contributed by atoms with E-state index in [0.717, 1.165) is 100 Å². The number of carbonyl (C=O) groups excluding carboxylic acids is 1. The number of hydrogen-bond acceptors (Lipinski definition) is 9. The molecule has 260 valence electrons. The van der Waals surface area contributed by atoms with Crippen molar-refractivity contribution in [3.05, 3.63) is 46.3 Å². The molecule has 12 heteroatoms. The third-order valence-corrected chi connectivity index (χ3v) is 9.95. The number of likely N-dealkylation sites (N-methyl/N-ethyl adjacent to an activating group) is 1. The summed E-state index contributed by atoms with van der Waals surface area (Å²) >= 11 is 0. The van der Waals surface area contributed by atoms with Crippen molar-refractivity contribution in [2.45, 2.75) is 77.0 Å². The van der Waals surface area contributed by atoms with Gasteiger partial charge in [-0.25, -0.2) is 14.2 Å². The molecular weight excluding hydrogens is 602 g/mol. The summed E-state index contributed by atoms with van der Waals surface area (Å²) in [7, 11) is 8.02. The molecule has 1 atom stereocenters. The number of nitrogens with zero attached hydrogens (tertiary/aromatic N) is 6. The fraction of sp³-hybridized carbons (Fsp3) is 0.657. The van der Waals surface area contributed by atoms with Gasteiger partial charge in [0.2, 0.25) is 0 Å². The first-order valence-corrected chi connectivity index (χ1v) is 17.2. The van der Waals surface area contributed by atoms with Gasteiger partial charge in [-0.1, -0.05) is 0 Å². The summed E-state index contributed by atoms with van der Waals surface area (Å²) in [6.45, 7) is 9.08. The number of aryl methyl sites for hydroxylation is 1. The van der Waals surface area contributed by atoms with E-state index in [1.54, 1.807) is 13.2 Å². The minimum absolute atomic E-state index is 0.115. The van der Waals surface area contributed by atoms with Gasteiger partial charge in [0, 0.05) is 82.0 Å². The Bertz CT molecular complexity index is 1370. The topological polar surface area (TPSA) is 81.1 Å². The van der Waals surface area contributed by atoms with Crippen molar-refractivity contribution in [1.82, 2.24) is 35.3 Å². The van der Waals surface area contributed by atoms with Crippen molar-refractivity contribution in [1.29, 1.82) is 0 Å². The van der Waals surface area contributed by atoms with Gasteiger partial charge in [0.15, 0.2) is 5.82 Å². The van der Waals surface area contributed by atoms with Gasteiger partial charge in [0.05, 0.1) is 12.1 Å². The van der Waals surface area contributed by atoms with Gasteiger partial charge in [-0.15, -0.1) is 0 Å². The van der Waals surface area contributed by atoms with Gasteiger partial charge in [-0.3, -0.25) is 4.68 Å². The van der Waals surface area contributed by atoms with Crippen LogP contribution in [0.2, 0.25) is 0 Å². The Labute approximate surface area is 279 Å². The van der Waals surface area contributed by atoms with E-state index < -0.39 is 6.43 Å². The van der Waals surface area contributed by atoms with Crippen LogP contribution in [0.3, 0.4) is 0 Å². The van der Waals surface area contributed by atoms with E-state index in [1.807, 2.05) is 24.3 Å². The lowest BCUT2D eigenvalue weighted by molar-refractivity contribution is -0.106. The number of hydrogen-bond donors (Lipinski definition) is 2. The number of anilines is 2. The number of carbonyl (C=O) groups is 1. The summed E-state index contributed by atoms with van der Waals surface area (Å²) in [5.74, 6) is 0.978. The number of aromatic nitrogens is 2. The van der Waals surface area contributed by atoms with Crippen LogP contribution in [-0.4, -0.2) is 111 Å². The van der Waals surface area contributed by atoms with E-state index in [0.29, 0.717) is 24.3 Å². The van der Waals surface area contributed by atoms with E-state index in [-0.39, 0.29) is 5.56 Å². The van der Waals surface area contributed by atoms with Gasteiger partial charge >= 0.3 is 0 Å². The van der Waals surface area contributed by atoms with Crippen LogP contribution in [0, 0.1) is 0 Å². The number of benzene rings is 1. The molecule has 2 saturated heterocycles. The standard InChI is InChI=1S/C27H37F2N7.C6H13NO.C2H4O/c1-32-10-6-20(7-11-32)36-24-8-12-33(2)17-23(24)27(31-36)35-9-4-5-18-13-21(19-15-30-34(3)16-19)22(26(28)29)14-25(18)35;1-8-6-3-2-4-7-5-6;1-2-3/h13-14,16,20,26,30H,4-12,15,17H2,1-3H3;6-7H,2-5H2,1H3;2H,1H3. The average Bonchev–Trinajstić information content (AvgIpc) is 3.68. The van der Waals surface area contributed by atoms with Gasteiger partial charge in [-0.2, -0.15) is 5.10 Å². The first kappa shape index (κ1) is 35.4. The maximum absolute atomic E-state index is 14.4. The first-order valence-electron chi connectivity index (χ1n) is 17.2. The van der Waals surface area contributed by atoms with Crippen LogP contribution < -0.4 is 15.6 Å². The van der Waals surface area contributed by atoms with E-state index in [4.69, 9.17) is 14.6 Å². The lowest BCUT2D eigenvalue weighted by atomic mass is 9.92. The number of halogens is 2. The molecular formula is C35H54F2N8O2. The zero-order valence-electron chi connectivity index (χ0n) is 28.9. The largest absolute Gasteiger partial charge is 0.380 e. The summed E-state index contributed by atoms with van der Waals surface area (Å²) < 4.78 is 36.2. The summed E-state index contributed by atoms with van der Waals surface area (Å²) in [6, 6.07) is 4.18. The minimum atomic E-state index is -2.53. The molecule has 0 radical (unpaired) electrons. The summed E-state index contributed by atoms with van der Waals surface area (Å²) in [5, 5.41) is 10.4. The Hall–Kier alpha value is -2.90. The molecule has 1 aromatic heterocycles. The fourth-order valence-corrected chi connectivity index (χ4v) is 7.37. The van der Waals surface area contributed by atoms with Crippen LogP contribution in [0.1, 0.15) is 79.4 Å². The molecule has 6 heterocycles. The van der Waals surface area contributed by atoms with Crippen molar-refractivity contribution in [2.75, 3.05) is 79.0 Å². The molecule has 5 aliphatic rings. The molecule has 1 aromatic carbocycles. The minimum Gasteiger partial charge on any atom is -0.380 e. The van der Waals surface area contributed by atoms with Crippen molar-refractivity contribution in [3.8, 4) is 0 Å². The fourth-order valence-electron chi connectivity index (χ4n) is 7.37. The van der Waals surface area contributed by atoms with Crippen LogP contribution >= 0.6 is 0 Å². The van der Waals surface area contributed by atoms with Crippen molar-refractivity contribution in [2.24, 2.45) is 0 Å². The highest BCUT2D eigenvalue weighted by molar-refractivity contribution is 5.77. The van der Waals surface area contributed by atoms with Crippen molar-refractivity contribution in [3.63, 3.8) is 0 Å². The second-order valence-electron chi connectivity index (χ2n) is 13.4. The Balaban J connectivity index is 0.000000338. The number of alkyl halides is 2. The molecule has 0 saturated carbocycles. The van der Waals surface area contributed by atoms with E-state index in [9.17, 15) is 8.78 Å². The predicted molar refractivity (Wildman–Crippen MR) is 183 cm³/mol. The highest BCUT2D eigenvalue weighted by Crippen LogP contribution is 2.43. The number of ether oxygens (including phenoxy) is 1. The van der Waals surface area contributed by atoms with Crippen LogP contribution in [0.15, 0.2) is 18.3 Å². The molecule has 0 spiro atoms. The Morgan fingerprint density at radius 1 is 1.02 bits per heavy atom. The number of piperidine rings is 2. The molecule has 2 N–H and O–H groups in total. The Kier molecular flexibility index (Phi) is 12.4. The molecule has 47 heavy (non-hydrogen) atoms. The lowest BCUT2D eigenvalue weighted by Crippen LogP contribution is -2.34. The van der Waals surface area contributed by atoms with E-state index >= 15 is 0 Å². The van der Waals surface area contributed by atoms with Gasteiger partial charge in [0.1, 0.15) is 6.29 Å². The number of nitrogens with one attached hydrogen (secondary N) is 2. The highest BCUT2D eigenvalue weighted by Gasteiger charge is 2.33. The molecule has 0 bridgehead atoms. The summed E-state index contributed by atoms with van der Waals surface area (Å²) in [5.41, 5.74) is 9.56. The van der Waals surface area contributed by atoms with Crippen LogP contribution in [0.4, 0.5) is 20.3 Å². The molecule has 5 aliphatic heterocycles. The van der Waals surface area contributed by atoms with Crippen LogP contribution in [0.5, 0.6) is 0 Å². The number of likely N-dealkylation sites (tertiary alicyclic amines) is 1. The smallest absolute Gasteiger partial charge is 0.264 e. The van der Waals surface area contributed by atoms with Crippen LogP contribution in [-0.2, 0) is 28.9 Å². The highest BCUT2D eigenvalue weighted by atomic mass is 19.3. The second-order valence-corrected chi connectivity index (χ2v) is 13.4. The third kappa shape index (κ3) is 8.40. The number of rotatable bonds is 5. The molecule has 10 nitrogen and oxygen atoms in total. The maximum Gasteiger partial charge on any atom is 0.264 e. The predicted octanol–water partition coefficient (Wildman–Crippen LogP) is 4.54. The second kappa shape index (κ2) is 16.5. The van der Waals surface area contributed by atoms with Gasteiger partial charge < -0.3 is 34.6 Å². The molecule has 7 rings (SSSR count).